The number of aryl methyl sites for hydroxylation is 1. The zero-order chi connectivity index (χ0) is 12.3. The highest BCUT2D eigenvalue weighted by atomic mass is 16.5. The van der Waals surface area contributed by atoms with Gasteiger partial charge in [-0.1, -0.05) is 19.1 Å². The number of nitrogens with two attached hydrogens (primary N) is 1. The Kier molecular flexibility index (Phi) is 4.02. The maximum absolute atomic E-state index is 5.92. The van der Waals surface area contributed by atoms with Crippen molar-refractivity contribution in [3.8, 4) is 5.75 Å². The van der Waals surface area contributed by atoms with Crippen LogP contribution in [0.2, 0.25) is 0 Å². The molecule has 1 saturated heterocycles. The van der Waals surface area contributed by atoms with Gasteiger partial charge < -0.3 is 15.2 Å². The molecule has 0 aromatic heterocycles. The summed E-state index contributed by atoms with van der Waals surface area (Å²) in [6.45, 7) is 4.45. The number of rotatable bonds is 5. The van der Waals surface area contributed by atoms with E-state index >= 15 is 0 Å². The van der Waals surface area contributed by atoms with Crippen LogP contribution in [0.4, 0.5) is 0 Å². The molecule has 1 unspecified atom stereocenters. The van der Waals surface area contributed by atoms with E-state index in [4.69, 9.17) is 15.2 Å². The molecule has 0 saturated carbocycles. The lowest BCUT2D eigenvalue weighted by molar-refractivity contribution is -0.0439. The lowest BCUT2D eigenvalue weighted by atomic mass is 9.83. The van der Waals surface area contributed by atoms with Crippen LogP contribution in [-0.2, 0) is 11.2 Å². The van der Waals surface area contributed by atoms with Crippen molar-refractivity contribution >= 4 is 0 Å². The molecule has 0 spiro atoms. The Balaban J connectivity index is 2.31. The van der Waals surface area contributed by atoms with E-state index in [0.717, 1.165) is 25.4 Å². The summed E-state index contributed by atoms with van der Waals surface area (Å²) in [6, 6.07) is 6.40. The van der Waals surface area contributed by atoms with E-state index in [1.54, 1.807) is 7.11 Å². The molecular formula is C14H21NO2. The van der Waals surface area contributed by atoms with Crippen LogP contribution in [0.3, 0.4) is 0 Å². The van der Waals surface area contributed by atoms with Crippen molar-refractivity contribution in [1.82, 2.24) is 0 Å². The van der Waals surface area contributed by atoms with E-state index in [2.05, 4.69) is 25.1 Å². The van der Waals surface area contributed by atoms with Gasteiger partial charge in [-0.3, -0.25) is 0 Å². The maximum Gasteiger partial charge on any atom is 0.122 e. The first-order valence-corrected chi connectivity index (χ1v) is 6.24. The molecule has 0 bridgehead atoms. The van der Waals surface area contributed by atoms with Crippen LogP contribution in [0.5, 0.6) is 5.75 Å². The van der Waals surface area contributed by atoms with E-state index in [-0.39, 0.29) is 0 Å². The van der Waals surface area contributed by atoms with Gasteiger partial charge in [0.15, 0.2) is 0 Å². The second kappa shape index (κ2) is 5.52. The lowest BCUT2D eigenvalue weighted by Gasteiger charge is -2.34. The summed E-state index contributed by atoms with van der Waals surface area (Å²) >= 11 is 0. The quantitative estimate of drug-likeness (QED) is 0.848. The molecular weight excluding hydrogens is 214 g/mol. The van der Waals surface area contributed by atoms with E-state index in [0.29, 0.717) is 18.4 Å². The van der Waals surface area contributed by atoms with Gasteiger partial charge in [-0.05, 0) is 30.2 Å². The lowest BCUT2D eigenvalue weighted by Crippen LogP contribution is -2.36. The number of ether oxygens (including phenoxy) is 2. The van der Waals surface area contributed by atoms with Gasteiger partial charge in [0.25, 0.3) is 0 Å². The fourth-order valence-electron chi connectivity index (χ4n) is 2.35. The topological polar surface area (TPSA) is 44.5 Å². The van der Waals surface area contributed by atoms with Crippen molar-refractivity contribution in [2.45, 2.75) is 19.3 Å². The van der Waals surface area contributed by atoms with Gasteiger partial charge in [-0.2, -0.15) is 0 Å². The van der Waals surface area contributed by atoms with Gasteiger partial charge >= 0.3 is 0 Å². The Hall–Kier alpha value is -1.06. The highest BCUT2D eigenvalue weighted by Crippen LogP contribution is 2.35. The van der Waals surface area contributed by atoms with Crippen LogP contribution in [0, 0.1) is 5.92 Å². The molecule has 17 heavy (non-hydrogen) atoms. The minimum atomic E-state index is 0.352. The van der Waals surface area contributed by atoms with E-state index < -0.39 is 0 Å². The Morgan fingerprint density at radius 3 is 2.71 bits per heavy atom. The SMILES string of the molecule is CCc1ccc(OC)c(C(CN)C2COC2)c1. The van der Waals surface area contributed by atoms with Crippen molar-refractivity contribution in [2.75, 3.05) is 26.9 Å². The number of methoxy groups -OCH3 is 1. The summed E-state index contributed by atoms with van der Waals surface area (Å²) in [4.78, 5) is 0. The molecule has 1 fully saturated rings. The van der Waals surface area contributed by atoms with Gasteiger partial charge in [0, 0.05) is 11.8 Å². The average molecular weight is 235 g/mol. The highest BCUT2D eigenvalue weighted by molar-refractivity contribution is 5.40. The van der Waals surface area contributed by atoms with Crippen molar-refractivity contribution in [2.24, 2.45) is 11.7 Å². The van der Waals surface area contributed by atoms with Crippen molar-refractivity contribution in [3.05, 3.63) is 29.3 Å². The Labute approximate surface area is 103 Å². The van der Waals surface area contributed by atoms with Gasteiger partial charge in [-0.25, -0.2) is 0 Å². The van der Waals surface area contributed by atoms with E-state index in [1.165, 1.54) is 11.1 Å². The molecule has 3 nitrogen and oxygen atoms in total. The molecule has 2 rings (SSSR count). The van der Waals surface area contributed by atoms with Crippen LogP contribution in [0.15, 0.2) is 18.2 Å². The van der Waals surface area contributed by atoms with Crippen LogP contribution in [-0.4, -0.2) is 26.9 Å². The molecule has 2 N–H and O–H groups in total. The zero-order valence-electron chi connectivity index (χ0n) is 10.6. The normalized spacial score (nSPS) is 17.6. The summed E-state index contributed by atoms with van der Waals surface area (Å²) in [5.41, 5.74) is 8.49. The van der Waals surface area contributed by atoms with Crippen LogP contribution in [0.25, 0.3) is 0 Å². The molecule has 1 aromatic carbocycles. The van der Waals surface area contributed by atoms with Crippen LogP contribution >= 0.6 is 0 Å². The molecule has 1 heterocycles. The molecule has 1 atom stereocenters. The molecule has 0 amide bonds. The number of hydrogen-bond donors (Lipinski definition) is 1. The maximum atomic E-state index is 5.92. The van der Waals surface area contributed by atoms with Gasteiger partial charge in [0.05, 0.1) is 20.3 Å². The largest absolute Gasteiger partial charge is 0.496 e. The summed E-state index contributed by atoms with van der Waals surface area (Å²) in [6.07, 6.45) is 1.04. The van der Waals surface area contributed by atoms with E-state index in [1.807, 2.05) is 0 Å². The third-order valence-electron chi connectivity index (χ3n) is 3.59. The Bertz CT molecular complexity index is 374. The predicted octanol–water partition coefficient (Wildman–Crippen LogP) is 1.95. The van der Waals surface area contributed by atoms with Crippen LogP contribution < -0.4 is 10.5 Å². The molecule has 0 aliphatic carbocycles. The monoisotopic (exact) mass is 235 g/mol. The van der Waals surface area contributed by atoms with Crippen molar-refractivity contribution in [3.63, 3.8) is 0 Å². The first-order chi connectivity index (χ1) is 8.30. The minimum absolute atomic E-state index is 0.352. The van der Waals surface area contributed by atoms with Gasteiger partial charge in [0.1, 0.15) is 5.75 Å². The summed E-state index contributed by atoms with van der Waals surface area (Å²) in [7, 11) is 1.72. The molecule has 1 aliphatic heterocycles. The smallest absolute Gasteiger partial charge is 0.122 e. The van der Waals surface area contributed by atoms with Crippen LogP contribution in [0.1, 0.15) is 24.0 Å². The summed E-state index contributed by atoms with van der Waals surface area (Å²) < 4.78 is 10.7. The third kappa shape index (κ3) is 2.45. The predicted molar refractivity (Wildman–Crippen MR) is 68.5 cm³/mol. The molecule has 1 aromatic rings. The Morgan fingerprint density at radius 1 is 1.47 bits per heavy atom. The molecule has 3 heteroatoms. The van der Waals surface area contributed by atoms with E-state index in [9.17, 15) is 0 Å². The second-order valence-corrected chi connectivity index (χ2v) is 4.57. The summed E-state index contributed by atoms with van der Waals surface area (Å²) in [5.74, 6) is 1.84. The standard InChI is InChI=1S/C14H21NO2/c1-3-10-4-5-14(16-2)12(6-10)13(7-15)11-8-17-9-11/h4-6,11,13H,3,7-9,15H2,1-2H3. The highest BCUT2D eigenvalue weighted by Gasteiger charge is 2.30. The number of benzene rings is 1. The Morgan fingerprint density at radius 2 is 2.24 bits per heavy atom. The summed E-state index contributed by atoms with van der Waals surface area (Å²) in [5, 5.41) is 0. The second-order valence-electron chi connectivity index (χ2n) is 4.57. The first kappa shape index (κ1) is 12.4. The van der Waals surface area contributed by atoms with Crippen molar-refractivity contribution in [1.29, 1.82) is 0 Å². The fraction of sp³-hybridized carbons (Fsp3) is 0.571. The number of hydrogen-bond acceptors (Lipinski definition) is 3. The van der Waals surface area contributed by atoms with Gasteiger partial charge in [-0.15, -0.1) is 0 Å². The van der Waals surface area contributed by atoms with Gasteiger partial charge in [0.2, 0.25) is 0 Å². The molecule has 94 valence electrons. The fourth-order valence-corrected chi connectivity index (χ4v) is 2.35. The molecule has 1 aliphatic rings. The first-order valence-electron chi connectivity index (χ1n) is 6.24. The molecule has 0 radical (unpaired) electrons. The van der Waals surface area contributed by atoms with Crippen molar-refractivity contribution < 1.29 is 9.47 Å². The zero-order valence-corrected chi connectivity index (χ0v) is 10.6. The minimum Gasteiger partial charge on any atom is -0.496 e. The third-order valence-corrected chi connectivity index (χ3v) is 3.59. The average Bonchev–Trinajstić information content (AvgIpc) is 2.32.